The van der Waals surface area contributed by atoms with E-state index in [2.05, 4.69) is 42.8 Å². The van der Waals surface area contributed by atoms with Crippen LogP contribution in [0.1, 0.15) is 42.5 Å². The second-order valence-electron chi connectivity index (χ2n) is 3.73. The van der Waals surface area contributed by atoms with Gasteiger partial charge >= 0.3 is 0 Å². The Morgan fingerprint density at radius 2 is 1.63 bits per heavy atom. The molecule has 0 fully saturated rings. The smallest absolute Gasteiger partial charge is 0.108 e. The fourth-order valence-corrected chi connectivity index (χ4v) is 0.976. The molecular weight excluding hydrogens is 238 g/mol. The molecule has 0 aromatic rings. The lowest BCUT2D eigenvalue weighted by atomic mass is 10.4. The van der Waals surface area contributed by atoms with Crippen LogP contribution in [-0.4, -0.2) is 39.0 Å². The third kappa shape index (κ3) is 22.6. The molecule has 3 nitrogen and oxygen atoms in total. The van der Waals surface area contributed by atoms with E-state index in [1.807, 2.05) is 20.8 Å². The van der Waals surface area contributed by atoms with Crippen molar-refractivity contribution in [3.63, 3.8) is 0 Å². The van der Waals surface area contributed by atoms with Gasteiger partial charge in [-0.05, 0) is 11.8 Å². The van der Waals surface area contributed by atoms with Gasteiger partial charge in [0.1, 0.15) is 6.61 Å². The maximum Gasteiger partial charge on any atom is 0.108 e. The third-order valence-corrected chi connectivity index (χ3v) is 1.76. The average Bonchev–Trinajstić information content (AvgIpc) is 2.42. The van der Waals surface area contributed by atoms with Crippen LogP contribution in [0.4, 0.5) is 0 Å². The van der Waals surface area contributed by atoms with Gasteiger partial charge in [0.2, 0.25) is 0 Å². The molecule has 3 heteroatoms. The first-order valence-electron chi connectivity index (χ1n) is 7.12. The summed E-state index contributed by atoms with van der Waals surface area (Å²) in [4.78, 5) is 0. The van der Waals surface area contributed by atoms with Gasteiger partial charge in [0.15, 0.2) is 0 Å². The van der Waals surface area contributed by atoms with Crippen molar-refractivity contribution in [2.24, 2.45) is 0 Å². The van der Waals surface area contributed by atoms with E-state index in [1.54, 1.807) is 0 Å². The van der Waals surface area contributed by atoms with Gasteiger partial charge in [0, 0.05) is 20.4 Å². The first-order valence-corrected chi connectivity index (χ1v) is 7.12. The molecule has 1 N–H and O–H groups in total. The van der Waals surface area contributed by atoms with E-state index in [9.17, 15) is 0 Å². The maximum absolute atomic E-state index is 5.37. The van der Waals surface area contributed by atoms with Gasteiger partial charge in [-0.25, -0.2) is 0 Å². The molecule has 0 aliphatic rings. The lowest BCUT2D eigenvalue weighted by Gasteiger charge is -2.08. The zero-order chi connectivity index (χ0) is 14.8. The first kappa shape index (κ1) is 20.3. The zero-order valence-corrected chi connectivity index (χ0v) is 13.1. The van der Waals surface area contributed by atoms with Gasteiger partial charge < -0.3 is 14.8 Å². The molecule has 0 unspecified atom stereocenters. The summed E-state index contributed by atoms with van der Waals surface area (Å²) in [6.45, 7) is 13.4. The van der Waals surface area contributed by atoms with E-state index in [-0.39, 0.29) is 1.43 Å². The topological polar surface area (TPSA) is 30.5 Å². The van der Waals surface area contributed by atoms with Gasteiger partial charge in [-0.3, -0.25) is 0 Å². The summed E-state index contributed by atoms with van der Waals surface area (Å²) in [6.07, 6.45) is 0.841. The van der Waals surface area contributed by atoms with Crippen LogP contribution in [0.25, 0.3) is 0 Å². The Bertz CT molecular complexity index is 284. The van der Waals surface area contributed by atoms with E-state index in [4.69, 9.17) is 9.47 Å². The maximum atomic E-state index is 5.37. The van der Waals surface area contributed by atoms with Crippen molar-refractivity contribution in [2.75, 3.05) is 33.0 Å². The van der Waals surface area contributed by atoms with Crippen LogP contribution in [0.3, 0.4) is 0 Å². The highest BCUT2D eigenvalue weighted by Crippen LogP contribution is 1.79. The van der Waals surface area contributed by atoms with Crippen LogP contribution in [0.5, 0.6) is 0 Å². The Labute approximate surface area is 120 Å². The van der Waals surface area contributed by atoms with Crippen molar-refractivity contribution in [1.29, 1.82) is 0 Å². The van der Waals surface area contributed by atoms with E-state index >= 15 is 0 Å². The van der Waals surface area contributed by atoms with Crippen LogP contribution in [0.2, 0.25) is 0 Å². The predicted molar refractivity (Wildman–Crippen MR) is 84.1 cm³/mol. The second-order valence-corrected chi connectivity index (χ2v) is 3.73. The van der Waals surface area contributed by atoms with Crippen LogP contribution < -0.4 is 5.32 Å². The van der Waals surface area contributed by atoms with Gasteiger partial charge in [-0.15, -0.1) is 0 Å². The summed E-state index contributed by atoms with van der Waals surface area (Å²) in [5, 5.41) is 3.27. The molecular formula is C16H31NO2. The number of hydrogen-bond acceptors (Lipinski definition) is 3. The number of hydrogen-bond donors (Lipinski definition) is 1. The van der Waals surface area contributed by atoms with Gasteiger partial charge in [0.05, 0.1) is 19.8 Å². The highest BCUT2D eigenvalue weighted by molar-refractivity contribution is 5.25. The Morgan fingerprint density at radius 3 is 2.26 bits per heavy atom. The molecule has 0 radical (unpaired) electrons. The monoisotopic (exact) mass is 269 g/mol. The quantitative estimate of drug-likeness (QED) is 0.543. The molecule has 0 aliphatic carbocycles. The van der Waals surface area contributed by atoms with Crippen LogP contribution in [-0.2, 0) is 9.47 Å². The Morgan fingerprint density at radius 1 is 1.00 bits per heavy atom. The molecule has 112 valence electrons. The minimum Gasteiger partial charge on any atom is -0.378 e. The highest BCUT2D eigenvalue weighted by atomic mass is 16.5. The second kappa shape index (κ2) is 19.3. The first-order chi connectivity index (χ1) is 9.27. The normalized spacial score (nSPS) is 8.74. The lowest BCUT2D eigenvalue weighted by Crippen LogP contribution is -2.27. The van der Waals surface area contributed by atoms with Crippen molar-refractivity contribution in [3.05, 3.63) is 0 Å². The summed E-state index contributed by atoms with van der Waals surface area (Å²) in [6, 6.07) is 0.509. The van der Waals surface area contributed by atoms with Crippen molar-refractivity contribution >= 4 is 0 Å². The Hall–Kier alpha value is -1.00. The third-order valence-electron chi connectivity index (χ3n) is 1.76. The van der Waals surface area contributed by atoms with Crippen LogP contribution >= 0.6 is 0 Å². The highest BCUT2D eigenvalue weighted by Gasteiger charge is 1.91. The molecule has 0 saturated heterocycles. The average molecular weight is 269 g/mol. The molecule has 0 aliphatic heterocycles. The van der Waals surface area contributed by atoms with Gasteiger partial charge in [-0.2, -0.15) is 0 Å². The molecule has 0 spiro atoms. The molecule has 0 aromatic carbocycles. The van der Waals surface area contributed by atoms with Crippen LogP contribution in [0, 0.1) is 23.7 Å². The largest absolute Gasteiger partial charge is 0.378 e. The summed E-state index contributed by atoms with van der Waals surface area (Å²) >= 11 is 0. The SMILES string of the molecule is CC.CCC#CC#CCOCCOCCNC(C)C.[HH]. The minimum absolute atomic E-state index is 0. The standard InChI is InChI=1S/C14H23NO2.C2H6.H2/c1-4-5-6-7-8-10-16-12-13-17-11-9-15-14(2)3;1-2;/h14-15H,4,9-13H2,1-3H3;1-2H3;1H. The number of rotatable bonds is 8. The van der Waals surface area contributed by atoms with Crippen molar-refractivity contribution in [3.8, 4) is 23.7 Å². The minimum atomic E-state index is 0. The van der Waals surface area contributed by atoms with Crippen LogP contribution in [0.15, 0.2) is 0 Å². The summed E-state index contributed by atoms with van der Waals surface area (Å²) in [5.41, 5.74) is 0. The lowest BCUT2D eigenvalue weighted by molar-refractivity contribution is 0.0608. The predicted octanol–water partition coefficient (Wildman–Crippen LogP) is 2.71. The molecule has 0 heterocycles. The number of nitrogens with one attached hydrogen (secondary N) is 1. The van der Waals surface area contributed by atoms with Gasteiger partial charge in [-0.1, -0.05) is 46.5 Å². The summed E-state index contributed by atoms with van der Waals surface area (Å²) < 4.78 is 10.6. The zero-order valence-electron chi connectivity index (χ0n) is 13.1. The fraction of sp³-hybridized carbons (Fsp3) is 0.750. The summed E-state index contributed by atoms with van der Waals surface area (Å²) in [7, 11) is 0. The van der Waals surface area contributed by atoms with Crippen molar-refractivity contribution in [1.82, 2.24) is 5.32 Å². The molecule has 0 atom stereocenters. The van der Waals surface area contributed by atoms with E-state index in [0.717, 1.165) is 19.6 Å². The summed E-state index contributed by atoms with van der Waals surface area (Å²) in [5.74, 6) is 11.2. The Balaban J connectivity index is -0.000000916. The van der Waals surface area contributed by atoms with Gasteiger partial charge in [0.25, 0.3) is 0 Å². The molecule has 0 rings (SSSR count). The fourth-order valence-electron chi connectivity index (χ4n) is 0.976. The molecule has 0 amide bonds. The van der Waals surface area contributed by atoms with E-state index in [0.29, 0.717) is 25.9 Å². The molecule has 19 heavy (non-hydrogen) atoms. The molecule has 0 bridgehead atoms. The van der Waals surface area contributed by atoms with E-state index < -0.39 is 0 Å². The number of ether oxygens (including phenoxy) is 2. The Kier molecular flexibility index (Phi) is 20.7. The molecule has 0 saturated carbocycles. The van der Waals surface area contributed by atoms with E-state index in [1.165, 1.54) is 0 Å². The molecule has 0 aromatic heterocycles. The van der Waals surface area contributed by atoms with Crippen molar-refractivity contribution in [2.45, 2.75) is 47.1 Å². The van der Waals surface area contributed by atoms with Crippen molar-refractivity contribution < 1.29 is 10.9 Å².